The Bertz CT molecular complexity index is 429. The Labute approximate surface area is 101 Å². The van der Waals surface area contributed by atoms with Crippen molar-refractivity contribution < 1.29 is 0 Å². The van der Waals surface area contributed by atoms with Gasteiger partial charge in [0.2, 0.25) is 0 Å². The van der Waals surface area contributed by atoms with Crippen molar-refractivity contribution in [3.63, 3.8) is 0 Å². The quantitative estimate of drug-likeness (QED) is 0.791. The van der Waals surface area contributed by atoms with E-state index < -0.39 is 0 Å². The summed E-state index contributed by atoms with van der Waals surface area (Å²) in [6.45, 7) is 5.71. The Morgan fingerprint density at radius 2 is 2.38 bits per heavy atom. The van der Waals surface area contributed by atoms with Crippen LogP contribution in [0, 0.1) is 0 Å². The van der Waals surface area contributed by atoms with Crippen molar-refractivity contribution in [2.75, 3.05) is 30.8 Å². The van der Waals surface area contributed by atoms with Crippen LogP contribution >= 0.6 is 11.6 Å². The predicted octanol–water partition coefficient (Wildman–Crippen LogP) is 2.02. The molecule has 1 aliphatic rings. The van der Waals surface area contributed by atoms with Gasteiger partial charge in [-0.2, -0.15) is 0 Å². The number of rotatable bonds is 3. The molecule has 0 aliphatic carbocycles. The van der Waals surface area contributed by atoms with Crippen LogP contribution in [0.1, 0.15) is 5.56 Å². The van der Waals surface area contributed by atoms with Crippen molar-refractivity contribution in [2.24, 2.45) is 0 Å². The standard InChI is InChI=1S/C12H16ClN3/c1-8(15-2)7-16-4-3-10-11(14)5-9(13)6-12(10)16/h5-6,15H,1,3-4,7,14H2,2H3. The Balaban J connectivity index is 2.28. The highest BCUT2D eigenvalue weighted by Crippen LogP contribution is 2.35. The molecule has 16 heavy (non-hydrogen) atoms. The number of hydrogen-bond donors (Lipinski definition) is 2. The number of nitrogens with two attached hydrogens (primary N) is 1. The van der Waals surface area contributed by atoms with Gasteiger partial charge in [-0.25, -0.2) is 0 Å². The van der Waals surface area contributed by atoms with Gasteiger partial charge in [-0.3, -0.25) is 0 Å². The number of nitrogens with zero attached hydrogens (tertiary/aromatic N) is 1. The lowest BCUT2D eigenvalue weighted by Gasteiger charge is -2.21. The van der Waals surface area contributed by atoms with Crippen LogP contribution in [0.2, 0.25) is 5.02 Å². The van der Waals surface area contributed by atoms with Crippen LogP contribution in [-0.4, -0.2) is 20.1 Å². The summed E-state index contributed by atoms with van der Waals surface area (Å²) in [5, 5.41) is 3.74. The van der Waals surface area contributed by atoms with Crippen molar-refractivity contribution >= 4 is 23.0 Å². The molecular weight excluding hydrogens is 222 g/mol. The predicted molar refractivity (Wildman–Crippen MR) is 70.0 cm³/mol. The van der Waals surface area contributed by atoms with Crippen LogP contribution < -0.4 is 16.0 Å². The molecule has 0 saturated heterocycles. The molecule has 0 unspecified atom stereocenters. The van der Waals surface area contributed by atoms with Crippen molar-refractivity contribution in [3.05, 3.63) is 35.0 Å². The molecule has 4 heteroatoms. The van der Waals surface area contributed by atoms with Gasteiger partial charge in [0.05, 0.1) is 6.54 Å². The lowest BCUT2D eigenvalue weighted by atomic mass is 10.1. The van der Waals surface area contributed by atoms with E-state index in [0.717, 1.165) is 36.6 Å². The van der Waals surface area contributed by atoms with Crippen LogP contribution in [0.3, 0.4) is 0 Å². The van der Waals surface area contributed by atoms with Crippen LogP contribution in [-0.2, 0) is 6.42 Å². The molecule has 0 atom stereocenters. The second-order valence-corrected chi connectivity index (χ2v) is 4.45. The summed E-state index contributed by atoms with van der Waals surface area (Å²) < 4.78 is 0. The molecule has 0 spiro atoms. The zero-order valence-electron chi connectivity index (χ0n) is 9.39. The fourth-order valence-corrected chi connectivity index (χ4v) is 2.26. The summed E-state index contributed by atoms with van der Waals surface area (Å²) in [5.41, 5.74) is 10.1. The molecule has 2 rings (SSSR count). The van der Waals surface area contributed by atoms with Crippen LogP contribution in [0.15, 0.2) is 24.4 Å². The first-order valence-corrected chi connectivity index (χ1v) is 5.68. The zero-order valence-corrected chi connectivity index (χ0v) is 10.1. The lowest BCUT2D eigenvalue weighted by molar-refractivity contribution is 0.829. The molecule has 3 nitrogen and oxygen atoms in total. The second-order valence-electron chi connectivity index (χ2n) is 4.02. The maximum Gasteiger partial charge on any atom is 0.0570 e. The van der Waals surface area contributed by atoms with E-state index in [1.807, 2.05) is 19.2 Å². The molecule has 1 aromatic rings. The minimum atomic E-state index is 0.693. The monoisotopic (exact) mass is 237 g/mol. The average Bonchev–Trinajstić information content (AvgIpc) is 2.61. The van der Waals surface area contributed by atoms with Gasteiger partial charge < -0.3 is 16.0 Å². The van der Waals surface area contributed by atoms with Crippen molar-refractivity contribution in [1.29, 1.82) is 0 Å². The van der Waals surface area contributed by atoms with Gasteiger partial charge in [0, 0.05) is 41.3 Å². The van der Waals surface area contributed by atoms with Crippen molar-refractivity contribution in [2.45, 2.75) is 6.42 Å². The van der Waals surface area contributed by atoms with Crippen LogP contribution in [0.25, 0.3) is 0 Å². The van der Waals surface area contributed by atoms with Gasteiger partial charge in [0.15, 0.2) is 0 Å². The molecule has 1 heterocycles. The van der Waals surface area contributed by atoms with Gasteiger partial charge in [-0.15, -0.1) is 0 Å². The van der Waals surface area contributed by atoms with Gasteiger partial charge in [-0.1, -0.05) is 18.2 Å². The highest BCUT2D eigenvalue weighted by Gasteiger charge is 2.21. The van der Waals surface area contributed by atoms with Crippen LogP contribution in [0.4, 0.5) is 11.4 Å². The van der Waals surface area contributed by atoms with E-state index in [9.17, 15) is 0 Å². The number of halogens is 1. The van der Waals surface area contributed by atoms with Gasteiger partial charge in [0.25, 0.3) is 0 Å². The minimum absolute atomic E-state index is 0.693. The van der Waals surface area contributed by atoms with Crippen molar-refractivity contribution in [3.8, 4) is 0 Å². The number of nitrogen functional groups attached to an aromatic ring is 1. The second kappa shape index (κ2) is 4.26. The fraction of sp³-hybridized carbons (Fsp3) is 0.333. The Morgan fingerprint density at radius 1 is 1.62 bits per heavy atom. The maximum absolute atomic E-state index is 6.02. The summed E-state index contributed by atoms with van der Waals surface area (Å²) in [6.07, 6.45) is 0.981. The molecule has 0 saturated carbocycles. The summed E-state index contributed by atoms with van der Waals surface area (Å²) in [6, 6.07) is 3.79. The summed E-state index contributed by atoms with van der Waals surface area (Å²) in [7, 11) is 1.88. The smallest absolute Gasteiger partial charge is 0.0570 e. The number of likely N-dealkylation sites (N-methyl/N-ethyl adjacent to an activating group) is 1. The first kappa shape index (κ1) is 11.1. The van der Waals surface area contributed by atoms with Crippen molar-refractivity contribution in [1.82, 2.24) is 5.32 Å². The van der Waals surface area contributed by atoms with Gasteiger partial charge in [-0.05, 0) is 18.6 Å². The minimum Gasteiger partial charge on any atom is -0.398 e. The summed E-state index contributed by atoms with van der Waals surface area (Å²) in [5.74, 6) is 0. The first-order valence-electron chi connectivity index (χ1n) is 5.30. The number of anilines is 2. The lowest BCUT2D eigenvalue weighted by Crippen LogP contribution is -2.27. The molecule has 1 aliphatic heterocycles. The molecule has 3 N–H and O–H groups in total. The zero-order chi connectivity index (χ0) is 11.7. The number of nitrogens with one attached hydrogen (secondary N) is 1. The molecule has 1 aromatic carbocycles. The van der Waals surface area contributed by atoms with E-state index in [0.29, 0.717) is 5.02 Å². The molecule has 0 bridgehead atoms. The highest BCUT2D eigenvalue weighted by molar-refractivity contribution is 6.31. The SMILES string of the molecule is C=C(CN1CCc2c(N)cc(Cl)cc21)NC. The van der Waals surface area contributed by atoms with E-state index in [4.69, 9.17) is 17.3 Å². The third-order valence-electron chi connectivity index (χ3n) is 2.93. The molecule has 86 valence electrons. The molecular formula is C12H16ClN3. The van der Waals surface area contributed by atoms with Gasteiger partial charge in [0.1, 0.15) is 0 Å². The van der Waals surface area contributed by atoms with E-state index >= 15 is 0 Å². The number of fused-ring (bicyclic) bond motifs is 1. The van der Waals surface area contributed by atoms with Crippen LogP contribution in [0.5, 0.6) is 0 Å². The molecule has 0 amide bonds. The number of benzene rings is 1. The Morgan fingerprint density at radius 3 is 3.06 bits per heavy atom. The van der Waals surface area contributed by atoms with E-state index in [-0.39, 0.29) is 0 Å². The number of hydrogen-bond acceptors (Lipinski definition) is 3. The Hall–Kier alpha value is -1.35. The summed E-state index contributed by atoms with van der Waals surface area (Å²) >= 11 is 6.02. The largest absolute Gasteiger partial charge is 0.398 e. The average molecular weight is 238 g/mol. The topological polar surface area (TPSA) is 41.3 Å². The maximum atomic E-state index is 6.02. The van der Waals surface area contributed by atoms with Gasteiger partial charge >= 0.3 is 0 Å². The Kier molecular flexibility index (Phi) is 2.97. The normalized spacial score (nSPS) is 13.8. The third-order valence-corrected chi connectivity index (χ3v) is 3.15. The van der Waals surface area contributed by atoms with E-state index in [1.54, 1.807) is 0 Å². The molecule has 0 aromatic heterocycles. The summed E-state index contributed by atoms with van der Waals surface area (Å²) in [4.78, 5) is 2.25. The van der Waals surface area contributed by atoms with E-state index in [1.165, 1.54) is 5.56 Å². The van der Waals surface area contributed by atoms with E-state index in [2.05, 4.69) is 16.8 Å². The first-order chi connectivity index (χ1) is 7.61. The third kappa shape index (κ3) is 1.95. The highest BCUT2D eigenvalue weighted by atomic mass is 35.5. The molecule has 0 fully saturated rings. The fourth-order valence-electron chi connectivity index (χ4n) is 2.04. The molecule has 0 radical (unpaired) electrons.